The lowest BCUT2D eigenvalue weighted by Gasteiger charge is -2.20. The molecular weight excluding hydrogens is 140 g/mol. The number of hydrogen-bond donors (Lipinski definition) is 1. The number of rotatable bonds is 2. The fourth-order valence-electron chi connectivity index (χ4n) is 1.59. The van der Waals surface area contributed by atoms with Crippen LogP contribution < -0.4 is 5.73 Å². The molecule has 0 bridgehead atoms. The topological polar surface area (TPSA) is 52.1 Å². The van der Waals surface area contributed by atoms with Gasteiger partial charge in [-0.05, 0) is 12.8 Å². The van der Waals surface area contributed by atoms with Gasteiger partial charge >= 0.3 is 0 Å². The van der Waals surface area contributed by atoms with E-state index in [1.165, 1.54) is 25.5 Å². The van der Waals surface area contributed by atoms with E-state index in [1.54, 1.807) is 0 Å². The van der Waals surface area contributed by atoms with Crippen molar-refractivity contribution < 1.29 is 4.74 Å². The van der Waals surface area contributed by atoms with Gasteiger partial charge in [0.2, 0.25) is 0 Å². The highest BCUT2D eigenvalue weighted by atomic mass is 16.5. The summed E-state index contributed by atoms with van der Waals surface area (Å²) in [6, 6.07) is 0.215. The van der Waals surface area contributed by atoms with Crippen LogP contribution in [-0.4, -0.2) is 23.5 Å². The van der Waals surface area contributed by atoms with Gasteiger partial charge in [-0.1, -0.05) is 6.42 Å². The average molecular weight is 156 g/mol. The molecule has 3 heteroatoms. The molecule has 0 amide bonds. The van der Waals surface area contributed by atoms with E-state index in [0.29, 0.717) is 6.54 Å². The van der Waals surface area contributed by atoms with Gasteiger partial charge in [-0.15, -0.1) is 0 Å². The van der Waals surface area contributed by atoms with E-state index in [1.807, 2.05) is 0 Å². The van der Waals surface area contributed by atoms with Crippen LogP contribution >= 0.6 is 0 Å². The Bertz CT molecular complexity index is 139. The van der Waals surface area contributed by atoms with Crippen LogP contribution in [-0.2, 0) is 0 Å². The predicted molar refractivity (Wildman–Crippen MR) is 45.6 cm³/mol. The first kappa shape index (κ1) is 8.53. The Morgan fingerprint density at radius 2 is 2.00 bits per heavy atom. The highest BCUT2D eigenvalue weighted by Crippen LogP contribution is 2.19. The maximum Gasteiger partial charge on any atom is 0.164 e. The molecule has 1 rings (SSSR count). The van der Waals surface area contributed by atoms with Crippen LogP contribution in [0.2, 0.25) is 0 Å². The standard InChI is InChI=1S/C8H16N2O/c9-6-7-10(11)8-4-2-1-3-5-8/h7-8H,1-6,9H2/b10-7-. The molecule has 1 fully saturated rings. The Morgan fingerprint density at radius 1 is 1.36 bits per heavy atom. The van der Waals surface area contributed by atoms with Crippen molar-refractivity contribution in [2.75, 3.05) is 6.54 Å². The van der Waals surface area contributed by atoms with E-state index in [9.17, 15) is 5.21 Å². The minimum atomic E-state index is 0.215. The van der Waals surface area contributed by atoms with Crippen LogP contribution in [0.4, 0.5) is 0 Å². The molecule has 3 nitrogen and oxygen atoms in total. The molecule has 0 saturated heterocycles. The van der Waals surface area contributed by atoms with Crippen molar-refractivity contribution in [3.05, 3.63) is 5.21 Å². The summed E-state index contributed by atoms with van der Waals surface area (Å²) in [4.78, 5) is 0. The predicted octanol–water partition coefficient (Wildman–Crippen LogP) is 0.859. The summed E-state index contributed by atoms with van der Waals surface area (Å²) >= 11 is 0. The number of nitrogens with two attached hydrogens (primary N) is 1. The quantitative estimate of drug-likeness (QED) is 0.279. The molecule has 0 unspecified atom stereocenters. The Hall–Kier alpha value is -0.570. The molecule has 0 heterocycles. The van der Waals surface area contributed by atoms with Crippen LogP contribution in [0, 0.1) is 5.21 Å². The summed E-state index contributed by atoms with van der Waals surface area (Å²) in [7, 11) is 0. The first-order valence-corrected chi connectivity index (χ1v) is 4.33. The van der Waals surface area contributed by atoms with E-state index in [-0.39, 0.29) is 6.04 Å². The van der Waals surface area contributed by atoms with Crippen molar-refractivity contribution in [3.63, 3.8) is 0 Å². The minimum Gasteiger partial charge on any atom is -0.624 e. The van der Waals surface area contributed by atoms with Gasteiger partial charge in [-0.2, -0.15) is 0 Å². The molecule has 1 saturated carbocycles. The van der Waals surface area contributed by atoms with Gasteiger partial charge in [-0.25, -0.2) is 4.74 Å². The second-order valence-corrected chi connectivity index (χ2v) is 3.07. The molecule has 64 valence electrons. The molecule has 0 aromatic heterocycles. The van der Waals surface area contributed by atoms with E-state index < -0.39 is 0 Å². The van der Waals surface area contributed by atoms with Crippen molar-refractivity contribution in [1.82, 2.24) is 0 Å². The number of nitrogens with zero attached hydrogens (tertiary/aromatic N) is 1. The van der Waals surface area contributed by atoms with Crippen molar-refractivity contribution in [2.45, 2.75) is 38.1 Å². The Balaban J connectivity index is 2.38. The molecular formula is C8H16N2O. The fraction of sp³-hybridized carbons (Fsp3) is 0.875. The molecule has 11 heavy (non-hydrogen) atoms. The Kier molecular flexibility index (Phi) is 3.36. The molecule has 0 radical (unpaired) electrons. The SMILES string of the molecule is NC/C=[N+](\[O-])C1CCCCC1. The van der Waals surface area contributed by atoms with Gasteiger partial charge in [0.05, 0.1) is 6.54 Å². The molecule has 0 spiro atoms. The van der Waals surface area contributed by atoms with Crippen LogP contribution in [0.25, 0.3) is 0 Å². The summed E-state index contributed by atoms with van der Waals surface area (Å²) in [5.41, 5.74) is 5.24. The van der Waals surface area contributed by atoms with Crippen LogP contribution in [0.3, 0.4) is 0 Å². The zero-order valence-electron chi connectivity index (χ0n) is 6.83. The Morgan fingerprint density at radius 3 is 2.55 bits per heavy atom. The summed E-state index contributed by atoms with van der Waals surface area (Å²) in [5, 5.41) is 11.2. The van der Waals surface area contributed by atoms with Gasteiger partial charge < -0.3 is 10.9 Å². The van der Waals surface area contributed by atoms with Crippen molar-refractivity contribution >= 4 is 6.21 Å². The van der Waals surface area contributed by atoms with Gasteiger partial charge in [0, 0.05) is 12.8 Å². The second-order valence-electron chi connectivity index (χ2n) is 3.07. The monoisotopic (exact) mass is 156 g/mol. The maximum absolute atomic E-state index is 11.2. The normalized spacial score (nSPS) is 22.1. The molecule has 0 aromatic carbocycles. The average Bonchev–Trinajstić information content (AvgIpc) is 2.07. The van der Waals surface area contributed by atoms with E-state index in [0.717, 1.165) is 17.6 Å². The third-order valence-electron chi connectivity index (χ3n) is 2.22. The second kappa shape index (κ2) is 4.34. The Labute approximate surface area is 67.5 Å². The molecule has 0 aliphatic heterocycles. The lowest BCUT2D eigenvalue weighted by Crippen LogP contribution is -2.26. The van der Waals surface area contributed by atoms with Crippen LogP contribution in [0.15, 0.2) is 0 Å². The van der Waals surface area contributed by atoms with Gasteiger partial charge in [-0.3, -0.25) is 0 Å². The molecule has 1 aliphatic carbocycles. The lowest BCUT2D eigenvalue weighted by atomic mass is 9.96. The highest BCUT2D eigenvalue weighted by molar-refractivity contribution is 5.53. The van der Waals surface area contributed by atoms with Crippen molar-refractivity contribution in [2.24, 2.45) is 5.73 Å². The zero-order valence-corrected chi connectivity index (χ0v) is 6.83. The van der Waals surface area contributed by atoms with Crippen molar-refractivity contribution in [1.29, 1.82) is 0 Å². The van der Waals surface area contributed by atoms with Crippen LogP contribution in [0.5, 0.6) is 0 Å². The third kappa shape index (κ3) is 2.50. The zero-order chi connectivity index (χ0) is 8.10. The summed E-state index contributed by atoms with van der Waals surface area (Å²) in [6.07, 6.45) is 7.30. The third-order valence-corrected chi connectivity index (χ3v) is 2.22. The van der Waals surface area contributed by atoms with Crippen LogP contribution in [0.1, 0.15) is 32.1 Å². The summed E-state index contributed by atoms with van der Waals surface area (Å²) in [5.74, 6) is 0. The molecule has 2 N–H and O–H groups in total. The lowest BCUT2D eigenvalue weighted by molar-refractivity contribution is -0.501. The molecule has 0 atom stereocenters. The first-order valence-electron chi connectivity index (χ1n) is 4.33. The van der Waals surface area contributed by atoms with E-state index in [2.05, 4.69) is 0 Å². The molecule has 0 aromatic rings. The fourth-order valence-corrected chi connectivity index (χ4v) is 1.59. The molecule has 1 aliphatic rings. The highest BCUT2D eigenvalue weighted by Gasteiger charge is 2.18. The number of hydrogen-bond acceptors (Lipinski definition) is 2. The van der Waals surface area contributed by atoms with Gasteiger partial charge in [0.15, 0.2) is 12.3 Å². The smallest absolute Gasteiger partial charge is 0.164 e. The largest absolute Gasteiger partial charge is 0.624 e. The first-order chi connectivity index (χ1) is 5.34. The van der Waals surface area contributed by atoms with E-state index in [4.69, 9.17) is 5.73 Å². The maximum atomic E-state index is 11.2. The summed E-state index contributed by atoms with van der Waals surface area (Å²) in [6.45, 7) is 0.361. The van der Waals surface area contributed by atoms with Gasteiger partial charge in [0.25, 0.3) is 0 Å². The van der Waals surface area contributed by atoms with E-state index >= 15 is 0 Å². The minimum absolute atomic E-state index is 0.215. The number of hydroxylamine groups is 1. The van der Waals surface area contributed by atoms with Crippen molar-refractivity contribution in [3.8, 4) is 0 Å². The van der Waals surface area contributed by atoms with Gasteiger partial charge in [0.1, 0.15) is 0 Å². The summed E-state index contributed by atoms with van der Waals surface area (Å²) < 4.78 is 1.04.